The number of rotatable bonds is 4. The van der Waals surface area contributed by atoms with Crippen LogP contribution in [0, 0.1) is 47.3 Å². The summed E-state index contributed by atoms with van der Waals surface area (Å²) < 4.78 is 0. The first-order valence-electron chi connectivity index (χ1n) is 9.91. The minimum absolute atomic E-state index is 0.866. The summed E-state index contributed by atoms with van der Waals surface area (Å²) in [5, 5.41) is 0. The van der Waals surface area contributed by atoms with Gasteiger partial charge in [-0.05, 0) is 60.2 Å². The molecular weight excluding hydrogens is 252 g/mol. The Hall–Kier alpha value is 0. The first-order chi connectivity index (χ1) is 9.91. The van der Waals surface area contributed by atoms with Crippen LogP contribution in [0.3, 0.4) is 0 Å². The van der Waals surface area contributed by atoms with Crippen LogP contribution in [0.2, 0.25) is 0 Å². The fourth-order valence-corrected chi connectivity index (χ4v) is 5.75. The molecule has 0 spiro atoms. The van der Waals surface area contributed by atoms with Crippen molar-refractivity contribution in [1.29, 1.82) is 0 Å². The van der Waals surface area contributed by atoms with E-state index in [1.807, 2.05) is 0 Å². The molecule has 4 atom stereocenters. The Labute approximate surface area is 134 Å². The van der Waals surface area contributed by atoms with Gasteiger partial charge in [0.05, 0.1) is 0 Å². The summed E-state index contributed by atoms with van der Waals surface area (Å²) >= 11 is 0. The summed E-state index contributed by atoms with van der Waals surface area (Å²) in [6, 6.07) is 0. The van der Waals surface area contributed by atoms with Gasteiger partial charge in [-0.1, -0.05) is 73.6 Å². The van der Waals surface area contributed by atoms with E-state index >= 15 is 0 Å². The lowest BCUT2D eigenvalue weighted by atomic mass is 9.55. The molecular formula is C21H40. The zero-order valence-electron chi connectivity index (χ0n) is 15.6. The van der Waals surface area contributed by atoms with Gasteiger partial charge in [-0.25, -0.2) is 0 Å². The van der Waals surface area contributed by atoms with Gasteiger partial charge in [0, 0.05) is 0 Å². The van der Waals surface area contributed by atoms with Crippen LogP contribution in [0.5, 0.6) is 0 Å². The molecule has 2 rings (SSSR count). The van der Waals surface area contributed by atoms with Crippen LogP contribution < -0.4 is 0 Å². The third-order valence-corrected chi connectivity index (χ3v) is 6.96. The fraction of sp³-hybridized carbons (Fsp3) is 1.00. The molecule has 0 radical (unpaired) electrons. The Morgan fingerprint density at radius 1 is 0.667 bits per heavy atom. The maximum absolute atomic E-state index is 2.51. The summed E-state index contributed by atoms with van der Waals surface area (Å²) in [5.74, 6) is 7.64. The van der Waals surface area contributed by atoms with Crippen molar-refractivity contribution in [2.24, 2.45) is 47.3 Å². The second kappa shape index (κ2) is 7.51. The quantitative estimate of drug-likeness (QED) is 0.535. The summed E-state index contributed by atoms with van der Waals surface area (Å²) in [5.41, 5.74) is 0. The average Bonchev–Trinajstić information content (AvgIpc) is 2.46. The highest BCUT2D eigenvalue weighted by Gasteiger charge is 2.44. The zero-order chi connectivity index (χ0) is 15.6. The van der Waals surface area contributed by atoms with Crippen molar-refractivity contribution in [1.82, 2.24) is 0 Å². The molecule has 0 nitrogen and oxygen atoms in total. The Balaban J connectivity index is 2.22. The number of hydrogen-bond donors (Lipinski definition) is 0. The topological polar surface area (TPSA) is 0 Å². The first kappa shape index (κ1) is 17.4. The molecule has 0 N–H and O–H groups in total. The van der Waals surface area contributed by atoms with Gasteiger partial charge in [-0.15, -0.1) is 0 Å². The standard InChI is InChI=1S/C21H40/c1-14(2)18-12-19(15(3)4)21(16(5)6)20(13-18)17-10-8-7-9-11-17/h14-21H,7-13H2,1-6H3. The molecule has 0 heterocycles. The zero-order valence-corrected chi connectivity index (χ0v) is 15.6. The molecule has 0 aliphatic heterocycles. The van der Waals surface area contributed by atoms with E-state index in [0.29, 0.717) is 0 Å². The van der Waals surface area contributed by atoms with E-state index in [0.717, 1.165) is 47.3 Å². The van der Waals surface area contributed by atoms with E-state index in [1.165, 1.54) is 44.9 Å². The Morgan fingerprint density at radius 3 is 1.76 bits per heavy atom. The van der Waals surface area contributed by atoms with Gasteiger partial charge in [0.2, 0.25) is 0 Å². The summed E-state index contributed by atoms with van der Waals surface area (Å²) in [6.45, 7) is 14.9. The second-order valence-corrected chi connectivity index (χ2v) is 9.27. The SMILES string of the molecule is CC(C)C1CC(C(C)C)C(C(C)C)C(C2CCCCC2)C1. The van der Waals surface area contributed by atoms with Gasteiger partial charge in [-0.2, -0.15) is 0 Å². The van der Waals surface area contributed by atoms with Crippen LogP contribution in [-0.2, 0) is 0 Å². The van der Waals surface area contributed by atoms with Gasteiger partial charge < -0.3 is 0 Å². The van der Waals surface area contributed by atoms with Crippen molar-refractivity contribution in [3.05, 3.63) is 0 Å². The molecule has 21 heavy (non-hydrogen) atoms. The molecule has 2 fully saturated rings. The minimum atomic E-state index is 0.866. The van der Waals surface area contributed by atoms with Crippen molar-refractivity contribution < 1.29 is 0 Å². The Bertz CT molecular complexity index is 295. The molecule has 124 valence electrons. The normalized spacial score (nSPS) is 35.9. The third kappa shape index (κ3) is 4.05. The molecule has 0 aromatic rings. The van der Waals surface area contributed by atoms with Gasteiger partial charge in [0.1, 0.15) is 0 Å². The smallest absolute Gasteiger partial charge is 0.0329 e. The fourth-order valence-electron chi connectivity index (χ4n) is 5.75. The second-order valence-electron chi connectivity index (χ2n) is 9.27. The van der Waals surface area contributed by atoms with Crippen molar-refractivity contribution in [3.63, 3.8) is 0 Å². The lowest BCUT2D eigenvalue weighted by Crippen LogP contribution is -2.43. The molecule has 0 bridgehead atoms. The summed E-state index contributed by atoms with van der Waals surface area (Å²) in [6.07, 6.45) is 10.6. The molecule has 0 aromatic heterocycles. The van der Waals surface area contributed by atoms with Crippen LogP contribution in [0.4, 0.5) is 0 Å². The van der Waals surface area contributed by atoms with E-state index in [9.17, 15) is 0 Å². The van der Waals surface area contributed by atoms with Crippen LogP contribution in [-0.4, -0.2) is 0 Å². The highest BCUT2D eigenvalue weighted by atomic mass is 14.5. The number of hydrogen-bond acceptors (Lipinski definition) is 0. The summed E-state index contributed by atoms with van der Waals surface area (Å²) in [4.78, 5) is 0. The minimum Gasteiger partial charge on any atom is -0.0625 e. The van der Waals surface area contributed by atoms with E-state index in [1.54, 1.807) is 0 Å². The van der Waals surface area contributed by atoms with Crippen molar-refractivity contribution in [2.45, 2.75) is 86.5 Å². The van der Waals surface area contributed by atoms with Crippen LogP contribution in [0.15, 0.2) is 0 Å². The highest BCUT2D eigenvalue weighted by molar-refractivity contribution is 4.93. The molecule has 2 aliphatic carbocycles. The van der Waals surface area contributed by atoms with E-state index in [4.69, 9.17) is 0 Å². The predicted molar refractivity (Wildman–Crippen MR) is 94.3 cm³/mol. The predicted octanol–water partition coefficient (Wildman–Crippen LogP) is 6.79. The first-order valence-corrected chi connectivity index (χ1v) is 9.91. The Morgan fingerprint density at radius 2 is 1.29 bits per heavy atom. The Kier molecular flexibility index (Phi) is 6.21. The average molecular weight is 293 g/mol. The van der Waals surface area contributed by atoms with E-state index in [-0.39, 0.29) is 0 Å². The van der Waals surface area contributed by atoms with E-state index in [2.05, 4.69) is 41.5 Å². The van der Waals surface area contributed by atoms with Crippen molar-refractivity contribution in [3.8, 4) is 0 Å². The molecule has 4 unspecified atom stereocenters. The lowest BCUT2D eigenvalue weighted by molar-refractivity contribution is -0.0113. The largest absolute Gasteiger partial charge is 0.0625 e. The van der Waals surface area contributed by atoms with Gasteiger partial charge >= 0.3 is 0 Å². The van der Waals surface area contributed by atoms with Crippen LogP contribution >= 0.6 is 0 Å². The third-order valence-electron chi connectivity index (χ3n) is 6.96. The lowest BCUT2D eigenvalue weighted by Gasteiger charge is -2.50. The van der Waals surface area contributed by atoms with E-state index < -0.39 is 0 Å². The molecule has 2 aliphatic rings. The molecule has 0 saturated heterocycles. The summed E-state index contributed by atoms with van der Waals surface area (Å²) in [7, 11) is 0. The molecule has 0 heteroatoms. The van der Waals surface area contributed by atoms with Crippen molar-refractivity contribution >= 4 is 0 Å². The monoisotopic (exact) mass is 292 g/mol. The van der Waals surface area contributed by atoms with Crippen LogP contribution in [0.1, 0.15) is 86.5 Å². The maximum atomic E-state index is 2.51. The van der Waals surface area contributed by atoms with Gasteiger partial charge in [0.25, 0.3) is 0 Å². The van der Waals surface area contributed by atoms with Gasteiger partial charge in [-0.3, -0.25) is 0 Å². The molecule has 0 aromatic carbocycles. The van der Waals surface area contributed by atoms with Crippen LogP contribution in [0.25, 0.3) is 0 Å². The van der Waals surface area contributed by atoms with Gasteiger partial charge in [0.15, 0.2) is 0 Å². The molecule has 2 saturated carbocycles. The van der Waals surface area contributed by atoms with Crippen molar-refractivity contribution in [2.75, 3.05) is 0 Å². The highest BCUT2D eigenvalue weighted by Crippen LogP contribution is 2.52. The maximum Gasteiger partial charge on any atom is -0.0329 e. The molecule has 0 amide bonds.